The van der Waals surface area contributed by atoms with Crippen LogP contribution in [0.3, 0.4) is 0 Å². The Morgan fingerprint density at radius 2 is 0.955 bits per heavy atom. The van der Waals surface area contributed by atoms with Crippen molar-refractivity contribution in [3.63, 3.8) is 0 Å². The minimum atomic E-state index is -0.328. The molecule has 0 aliphatic heterocycles. The van der Waals surface area contributed by atoms with Crippen molar-refractivity contribution in [2.75, 3.05) is 18.0 Å². The van der Waals surface area contributed by atoms with Crippen molar-refractivity contribution in [2.24, 2.45) is 0 Å². The van der Waals surface area contributed by atoms with Gasteiger partial charge in [0.1, 0.15) is 10.6 Å². The second-order valence-corrected chi connectivity index (χ2v) is 18.8. The largest absolute Gasteiger partial charge is 0.422 e. The predicted octanol–water partition coefficient (Wildman–Crippen LogP) is 16.6. The van der Waals surface area contributed by atoms with Crippen molar-refractivity contribution < 1.29 is 4.42 Å². The zero-order valence-electron chi connectivity index (χ0n) is 36.4. The second kappa shape index (κ2) is 14.0. The third kappa shape index (κ3) is 5.35. The lowest BCUT2D eigenvalue weighted by atomic mass is 9.89. The Balaban J connectivity index is 0.975. The van der Waals surface area contributed by atoms with Crippen LogP contribution >= 0.6 is 11.3 Å². The minimum absolute atomic E-state index is 0.328. The highest BCUT2D eigenvalue weighted by molar-refractivity contribution is 7.18. The molecule has 0 bridgehead atoms. The molecule has 312 valence electrons. The zero-order valence-corrected chi connectivity index (χ0v) is 37.2. The third-order valence-electron chi connectivity index (χ3n) is 14.4. The van der Waals surface area contributed by atoms with Crippen molar-refractivity contribution in [1.29, 1.82) is 0 Å². The summed E-state index contributed by atoms with van der Waals surface area (Å²) in [5, 5.41) is 19.7. The van der Waals surface area contributed by atoms with Crippen molar-refractivity contribution >= 4 is 114 Å². The van der Waals surface area contributed by atoms with Crippen LogP contribution in [0.2, 0.25) is 0 Å². The molecule has 0 amide bonds. The van der Waals surface area contributed by atoms with Gasteiger partial charge in [-0.2, -0.15) is 0 Å². The summed E-state index contributed by atoms with van der Waals surface area (Å²) in [6, 6.07) is 66.8. The fourth-order valence-corrected chi connectivity index (χ4v) is 12.3. The van der Waals surface area contributed by atoms with Crippen LogP contribution in [0.4, 0.5) is 5.69 Å². The van der Waals surface area contributed by atoms with E-state index in [0.717, 1.165) is 45.1 Å². The lowest BCUT2D eigenvalue weighted by molar-refractivity contribution is 0.563. The summed E-state index contributed by atoms with van der Waals surface area (Å²) in [5.41, 5.74) is 8.92. The molecule has 4 nitrogen and oxygen atoms in total. The van der Waals surface area contributed by atoms with Crippen LogP contribution in [0.5, 0.6) is 0 Å². The number of fused-ring (bicyclic) bond motifs is 4. The van der Waals surface area contributed by atoms with E-state index < -0.39 is 0 Å². The maximum Gasteiger partial charge on any atom is 0.345 e. The Bertz CT molecular complexity index is 4120. The van der Waals surface area contributed by atoms with Gasteiger partial charge in [0.2, 0.25) is 0 Å². The number of rotatable bonds is 7. The highest BCUT2D eigenvalue weighted by Gasteiger charge is 2.21. The molecule has 0 atom stereocenters. The molecular weight excluding hydrogens is 825 g/mol. The molecule has 11 aromatic carbocycles. The van der Waals surface area contributed by atoms with Crippen molar-refractivity contribution in [1.82, 2.24) is 4.57 Å². The Morgan fingerprint density at radius 3 is 1.50 bits per heavy atom. The first-order valence-electron chi connectivity index (χ1n) is 22.9. The molecule has 3 heterocycles. The molecule has 0 aliphatic carbocycles. The van der Waals surface area contributed by atoms with Gasteiger partial charge in [0, 0.05) is 45.9 Å². The molecule has 0 unspecified atom stereocenters. The Hall–Kier alpha value is -7.99. The summed E-state index contributed by atoms with van der Waals surface area (Å²) >= 11 is 1.62. The number of thiophene rings is 1. The topological polar surface area (TPSA) is 38.4 Å². The van der Waals surface area contributed by atoms with Crippen LogP contribution in [0, 0.1) is 0 Å². The maximum atomic E-state index is 13.7. The average molecular weight is 865 g/mol. The molecular formula is C61H40N2O2S. The summed E-state index contributed by atoms with van der Waals surface area (Å²) in [6.45, 7) is 6.04. The van der Waals surface area contributed by atoms with Gasteiger partial charge in [0.05, 0.1) is 16.6 Å². The lowest BCUT2D eigenvalue weighted by Crippen LogP contribution is -2.21. The van der Waals surface area contributed by atoms with Gasteiger partial charge in [-0.3, -0.25) is 0 Å². The van der Waals surface area contributed by atoms with Crippen LogP contribution in [-0.2, 0) is 0 Å². The van der Waals surface area contributed by atoms with E-state index in [2.05, 4.69) is 193 Å². The van der Waals surface area contributed by atoms with E-state index in [1.165, 1.54) is 97.7 Å². The van der Waals surface area contributed by atoms with Crippen LogP contribution < -0.4 is 10.5 Å². The van der Waals surface area contributed by atoms with Gasteiger partial charge in [-0.05, 0) is 155 Å². The van der Waals surface area contributed by atoms with Gasteiger partial charge >= 0.3 is 5.63 Å². The molecule has 66 heavy (non-hydrogen) atoms. The van der Waals surface area contributed by atoms with E-state index in [9.17, 15) is 4.79 Å². The molecule has 0 N–H and O–H groups in total. The van der Waals surface area contributed by atoms with Crippen molar-refractivity contribution in [3.8, 4) is 37.7 Å². The molecule has 14 aromatic rings. The number of hydrogen-bond acceptors (Lipinski definition) is 4. The van der Waals surface area contributed by atoms with Crippen LogP contribution in [-0.4, -0.2) is 17.7 Å². The average Bonchev–Trinajstić information content (AvgIpc) is 3.97. The Morgan fingerprint density at radius 1 is 0.455 bits per heavy atom. The van der Waals surface area contributed by atoms with E-state index in [1.54, 1.807) is 11.3 Å². The summed E-state index contributed by atoms with van der Waals surface area (Å²) in [6.07, 6.45) is 0. The van der Waals surface area contributed by atoms with E-state index in [-0.39, 0.29) is 5.63 Å². The Kier molecular flexibility index (Phi) is 7.93. The molecule has 5 heteroatoms. The Labute approximate surface area is 383 Å². The predicted molar refractivity (Wildman–Crippen MR) is 282 cm³/mol. The van der Waals surface area contributed by atoms with E-state index in [4.69, 9.17) is 4.42 Å². The molecule has 3 aromatic heterocycles. The summed E-state index contributed by atoms with van der Waals surface area (Å²) < 4.78 is 8.41. The van der Waals surface area contributed by atoms with Gasteiger partial charge in [-0.15, -0.1) is 11.3 Å². The molecule has 0 aliphatic rings. The highest BCUT2D eigenvalue weighted by Crippen LogP contribution is 2.45. The standard InChI is InChI=1S/C61H40N2O2S/c1-3-62(4-2)44-22-15-43-33-51(61(64)65-54(43)34-44)55-29-30-56(66-55)63-52-27-20-41(45-23-16-39-13-11-35-7-5-9-37-18-25-47(45)59(39)57(35)37)31-49(52)50-32-42(21-28-53(50)63)46-24-17-40-14-12-36-8-6-10-38-19-26-48(46)60(40)58(36)38/h5-34H,3-4H2,1-2H3. The number of anilines is 1. The van der Waals surface area contributed by atoms with Crippen LogP contribution in [0.15, 0.2) is 191 Å². The van der Waals surface area contributed by atoms with Crippen molar-refractivity contribution in [2.45, 2.75) is 13.8 Å². The lowest BCUT2D eigenvalue weighted by Gasteiger charge is -2.20. The van der Waals surface area contributed by atoms with Gasteiger partial charge in [0.25, 0.3) is 0 Å². The number of benzene rings is 11. The fourth-order valence-electron chi connectivity index (χ4n) is 11.2. The molecule has 14 rings (SSSR count). The first-order valence-corrected chi connectivity index (χ1v) is 23.7. The van der Waals surface area contributed by atoms with Crippen molar-refractivity contribution in [3.05, 3.63) is 192 Å². The third-order valence-corrected chi connectivity index (χ3v) is 15.5. The summed E-state index contributed by atoms with van der Waals surface area (Å²) in [4.78, 5) is 16.9. The van der Waals surface area contributed by atoms with Gasteiger partial charge in [-0.1, -0.05) is 121 Å². The maximum absolute atomic E-state index is 13.7. The van der Waals surface area contributed by atoms with Crippen LogP contribution in [0.25, 0.3) is 135 Å². The first kappa shape index (κ1) is 37.4. The number of nitrogens with zero attached hydrogens (tertiary/aromatic N) is 2. The van der Waals surface area contributed by atoms with Crippen LogP contribution in [0.1, 0.15) is 13.8 Å². The molecule has 0 saturated heterocycles. The SMILES string of the molecule is CCN(CC)c1ccc2cc(-c3ccc(-n4c5ccc(-c6ccc7ccc8cccc9ccc6c7c89)cc5c5cc(-c6ccc7ccc8cccc9ccc6c7c89)ccc54)s3)c(=O)oc2c1. The fraction of sp³-hybridized carbons (Fsp3) is 0.0656. The van der Waals surface area contributed by atoms with Gasteiger partial charge in [-0.25, -0.2) is 4.79 Å². The number of aromatic nitrogens is 1. The van der Waals surface area contributed by atoms with Gasteiger partial charge in [0.15, 0.2) is 0 Å². The molecule has 0 spiro atoms. The van der Waals surface area contributed by atoms with E-state index in [1.807, 2.05) is 12.1 Å². The normalized spacial score (nSPS) is 12.3. The first-order chi connectivity index (χ1) is 32.5. The summed E-state index contributed by atoms with van der Waals surface area (Å²) in [5.74, 6) is 0. The molecule has 0 saturated carbocycles. The quantitative estimate of drug-likeness (QED) is 0.118. The van der Waals surface area contributed by atoms with E-state index in [0.29, 0.717) is 11.1 Å². The zero-order chi connectivity index (χ0) is 43.8. The molecule has 0 fully saturated rings. The highest BCUT2D eigenvalue weighted by atomic mass is 32.1. The summed E-state index contributed by atoms with van der Waals surface area (Å²) in [7, 11) is 0. The number of hydrogen-bond donors (Lipinski definition) is 0. The van der Waals surface area contributed by atoms with E-state index >= 15 is 0 Å². The van der Waals surface area contributed by atoms with Gasteiger partial charge < -0.3 is 13.9 Å². The minimum Gasteiger partial charge on any atom is -0.422 e. The monoisotopic (exact) mass is 864 g/mol. The second-order valence-electron chi connectivity index (χ2n) is 17.7. The molecule has 0 radical (unpaired) electrons. The smallest absolute Gasteiger partial charge is 0.345 e.